The zero-order valence-electron chi connectivity index (χ0n) is 12.4. The van der Waals surface area contributed by atoms with Crippen LogP contribution >= 0.6 is 0 Å². The predicted octanol–water partition coefficient (Wildman–Crippen LogP) is 1.42. The average Bonchev–Trinajstić information content (AvgIpc) is 2.47. The highest BCUT2D eigenvalue weighted by Crippen LogP contribution is 2.20. The van der Waals surface area contributed by atoms with Crippen molar-refractivity contribution in [2.45, 2.75) is 49.1 Å². The summed E-state index contributed by atoms with van der Waals surface area (Å²) in [6.07, 6.45) is 5.86. The maximum absolute atomic E-state index is 11.2. The van der Waals surface area contributed by atoms with Gasteiger partial charge in [0.1, 0.15) is 0 Å². The van der Waals surface area contributed by atoms with E-state index in [9.17, 15) is 8.42 Å². The van der Waals surface area contributed by atoms with Gasteiger partial charge in [0.2, 0.25) is 10.0 Å². The van der Waals surface area contributed by atoms with E-state index in [1.807, 2.05) is 12.1 Å². The van der Waals surface area contributed by atoms with E-state index < -0.39 is 10.0 Å². The van der Waals surface area contributed by atoms with E-state index in [1.54, 1.807) is 19.2 Å². The lowest BCUT2D eigenvalue weighted by Gasteiger charge is -2.28. The summed E-state index contributed by atoms with van der Waals surface area (Å²) >= 11 is 0. The Morgan fingerprint density at radius 1 is 1.19 bits per heavy atom. The molecule has 3 N–H and O–H groups in total. The van der Waals surface area contributed by atoms with Crippen LogP contribution in [-0.4, -0.2) is 34.2 Å². The van der Waals surface area contributed by atoms with E-state index in [-0.39, 0.29) is 4.90 Å². The maximum Gasteiger partial charge on any atom is 0.238 e. The number of methoxy groups -OCH3 is 1. The lowest BCUT2D eigenvalue weighted by Crippen LogP contribution is -2.36. The van der Waals surface area contributed by atoms with Gasteiger partial charge in [-0.2, -0.15) is 0 Å². The summed E-state index contributed by atoms with van der Waals surface area (Å²) in [4.78, 5) is 0.164. The Bertz CT molecular complexity index is 535. The van der Waals surface area contributed by atoms with Crippen LogP contribution in [0.5, 0.6) is 0 Å². The Kier molecular flexibility index (Phi) is 5.75. The number of primary sulfonamides is 1. The minimum Gasteiger partial charge on any atom is -0.381 e. The summed E-state index contributed by atoms with van der Waals surface area (Å²) in [5.41, 5.74) is 1.11. The zero-order chi connectivity index (χ0) is 15.3. The van der Waals surface area contributed by atoms with E-state index >= 15 is 0 Å². The lowest BCUT2D eigenvalue weighted by atomic mass is 9.93. The molecule has 0 aliphatic heterocycles. The molecule has 1 aromatic rings. The SMILES string of the molecule is COC1CCC(NCCc2ccc(S(N)(=O)=O)cc2)CC1. The van der Waals surface area contributed by atoms with Crippen molar-refractivity contribution in [2.75, 3.05) is 13.7 Å². The summed E-state index contributed by atoms with van der Waals surface area (Å²) in [5.74, 6) is 0. The van der Waals surface area contributed by atoms with Crippen molar-refractivity contribution in [3.63, 3.8) is 0 Å². The number of rotatable bonds is 6. The lowest BCUT2D eigenvalue weighted by molar-refractivity contribution is 0.0626. The molecule has 1 aliphatic carbocycles. The number of hydrogen-bond acceptors (Lipinski definition) is 4. The molecular weight excluding hydrogens is 288 g/mol. The van der Waals surface area contributed by atoms with E-state index in [2.05, 4.69) is 5.32 Å². The molecule has 1 aromatic carbocycles. The second kappa shape index (κ2) is 7.35. The van der Waals surface area contributed by atoms with Gasteiger partial charge in [0.15, 0.2) is 0 Å². The van der Waals surface area contributed by atoms with Crippen LogP contribution in [0.2, 0.25) is 0 Å². The van der Waals surface area contributed by atoms with Gasteiger partial charge in [0, 0.05) is 13.2 Å². The van der Waals surface area contributed by atoms with Crippen molar-refractivity contribution >= 4 is 10.0 Å². The number of nitrogens with two attached hydrogens (primary N) is 1. The number of nitrogens with one attached hydrogen (secondary N) is 1. The summed E-state index contributed by atoms with van der Waals surface area (Å²) in [6.45, 7) is 0.900. The van der Waals surface area contributed by atoms with Gasteiger partial charge in [0.05, 0.1) is 11.0 Å². The molecule has 0 saturated heterocycles. The Balaban J connectivity index is 1.74. The van der Waals surface area contributed by atoms with Crippen LogP contribution in [0.15, 0.2) is 29.2 Å². The van der Waals surface area contributed by atoms with Crippen molar-refractivity contribution in [1.29, 1.82) is 0 Å². The molecular formula is C15H24N2O3S. The van der Waals surface area contributed by atoms with Crippen molar-refractivity contribution in [1.82, 2.24) is 5.32 Å². The Morgan fingerprint density at radius 3 is 2.33 bits per heavy atom. The van der Waals surface area contributed by atoms with Crippen LogP contribution in [0.4, 0.5) is 0 Å². The maximum atomic E-state index is 11.2. The van der Waals surface area contributed by atoms with Crippen molar-refractivity contribution < 1.29 is 13.2 Å². The molecule has 0 bridgehead atoms. The highest BCUT2D eigenvalue weighted by atomic mass is 32.2. The first-order chi connectivity index (χ1) is 9.99. The number of benzene rings is 1. The summed E-state index contributed by atoms with van der Waals surface area (Å²) in [6, 6.07) is 7.34. The van der Waals surface area contributed by atoms with E-state index in [0.29, 0.717) is 12.1 Å². The number of hydrogen-bond donors (Lipinski definition) is 2. The molecule has 5 nitrogen and oxygen atoms in total. The molecule has 6 heteroatoms. The van der Waals surface area contributed by atoms with E-state index in [4.69, 9.17) is 9.88 Å². The fraction of sp³-hybridized carbons (Fsp3) is 0.600. The molecule has 1 aliphatic rings. The van der Waals surface area contributed by atoms with Gasteiger partial charge < -0.3 is 10.1 Å². The molecule has 1 fully saturated rings. The fourth-order valence-corrected chi connectivity index (χ4v) is 3.28. The second-order valence-corrected chi connectivity index (χ2v) is 7.16. The third-order valence-electron chi connectivity index (χ3n) is 4.11. The van der Waals surface area contributed by atoms with Gasteiger partial charge >= 0.3 is 0 Å². The summed E-state index contributed by atoms with van der Waals surface area (Å²) in [7, 11) is -1.81. The van der Waals surface area contributed by atoms with Crippen LogP contribution in [0, 0.1) is 0 Å². The monoisotopic (exact) mass is 312 g/mol. The zero-order valence-corrected chi connectivity index (χ0v) is 13.2. The van der Waals surface area contributed by atoms with Gasteiger partial charge in [-0.1, -0.05) is 12.1 Å². The fourth-order valence-electron chi connectivity index (χ4n) is 2.77. The van der Waals surface area contributed by atoms with Gasteiger partial charge in [-0.05, 0) is 56.3 Å². The third-order valence-corrected chi connectivity index (χ3v) is 5.04. The number of ether oxygens (including phenoxy) is 1. The molecule has 118 valence electrons. The van der Waals surface area contributed by atoms with Crippen molar-refractivity contribution in [3.05, 3.63) is 29.8 Å². The largest absolute Gasteiger partial charge is 0.381 e. The Labute approximate surface area is 126 Å². The highest BCUT2D eigenvalue weighted by molar-refractivity contribution is 7.89. The standard InChI is InChI=1S/C15H24N2O3S/c1-20-14-6-4-13(5-7-14)17-11-10-12-2-8-15(9-3-12)21(16,18)19/h2-3,8-9,13-14,17H,4-7,10-11H2,1H3,(H2,16,18,19). The second-order valence-electron chi connectivity index (χ2n) is 5.60. The minimum atomic E-state index is -3.59. The molecule has 2 rings (SSSR count). The normalized spacial score (nSPS) is 23.1. The van der Waals surface area contributed by atoms with Gasteiger partial charge in [-0.3, -0.25) is 0 Å². The summed E-state index contributed by atoms with van der Waals surface area (Å²) in [5, 5.41) is 8.64. The van der Waals surface area contributed by atoms with Gasteiger partial charge in [0.25, 0.3) is 0 Å². The first-order valence-corrected chi connectivity index (χ1v) is 8.91. The van der Waals surface area contributed by atoms with Crippen LogP contribution in [0.1, 0.15) is 31.2 Å². The van der Waals surface area contributed by atoms with E-state index in [0.717, 1.165) is 44.2 Å². The molecule has 0 amide bonds. The van der Waals surface area contributed by atoms with Gasteiger partial charge in [-0.15, -0.1) is 0 Å². The minimum absolute atomic E-state index is 0.164. The first-order valence-electron chi connectivity index (χ1n) is 7.37. The van der Waals surface area contributed by atoms with Gasteiger partial charge in [-0.25, -0.2) is 13.6 Å². The Morgan fingerprint density at radius 2 is 1.81 bits per heavy atom. The quantitative estimate of drug-likeness (QED) is 0.832. The topological polar surface area (TPSA) is 81.4 Å². The van der Waals surface area contributed by atoms with Crippen LogP contribution in [-0.2, 0) is 21.2 Å². The highest BCUT2D eigenvalue weighted by Gasteiger charge is 2.19. The van der Waals surface area contributed by atoms with Crippen LogP contribution < -0.4 is 10.5 Å². The van der Waals surface area contributed by atoms with Crippen LogP contribution in [0.25, 0.3) is 0 Å². The first kappa shape index (κ1) is 16.4. The van der Waals surface area contributed by atoms with Crippen molar-refractivity contribution in [3.8, 4) is 0 Å². The molecule has 0 spiro atoms. The van der Waals surface area contributed by atoms with Crippen LogP contribution in [0.3, 0.4) is 0 Å². The summed E-state index contributed by atoms with van der Waals surface area (Å²) < 4.78 is 27.7. The average molecular weight is 312 g/mol. The molecule has 0 radical (unpaired) electrons. The van der Waals surface area contributed by atoms with Crippen molar-refractivity contribution in [2.24, 2.45) is 5.14 Å². The molecule has 0 aromatic heterocycles. The number of sulfonamides is 1. The molecule has 0 unspecified atom stereocenters. The van der Waals surface area contributed by atoms with E-state index in [1.165, 1.54) is 0 Å². The Hall–Kier alpha value is -0.950. The molecule has 0 heterocycles. The third kappa shape index (κ3) is 5.07. The smallest absolute Gasteiger partial charge is 0.238 e. The predicted molar refractivity (Wildman–Crippen MR) is 82.6 cm³/mol. The molecule has 21 heavy (non-hydrogen) atoms. The molecule has 0 atom stereocenters. The molecule has 1 saturated carbocycles.